The number of fused-ring (bicyclic) bond motifs is 1. The van der Waals surface area contributed by atoms with Gasteiger partial charge in [0.25, 0.3) is 5.91 Å². The van der Waals surface area contributed by atoms with Crippen molar-refractivity contribution in [2.24, 2.45) is 0 Å². The van der Waals surface area contributed by atoms with Gasteiger partial charge in [-0.1, -0.05) is 25.7 Å². The lowest BCUT2D eigenvalue weighted by Crippen LogP contribution is -2.34. The van der Waals surface area contributed by atoms with Crippen LogP contribution in [0.15, 0.2) is 12.3 Å². The summed E-state index contributed by atoms with van der Waals surface area (Å²) in [4.78, 5) is 17.3. The molecule has 23 heavy (non-hydrogen) atoms. The van der Waals surface area contributed by atoms with Crippen molar-refractivity contribution in [3.05, 3.63) is 23.5 Å². The zero-order chi connectivity index (χ0) is 16.4. The summed E-state index contributed by atoms with van der Waals surface area (Å²) in [6.45, 7) is 6.06. The smallest absolute Gasteiger partial charge is 0.253 e. The van der Waals surface area contributed by atoms with Crippen LogP contribution >= 0.6 is 0 Å². The largest absolute Gasteiger partial charge is 0.349 e. The van der Waals surface area contributed by atoms with E-state index in [4.69, 9.17) is 0 Å². The first-order valence-electron chi connectivity index (χ1n) is 8.72. The van der Waals surface area contributed by atoms with Crippen LogP contribution in [0.3, 0.4) is 0 Å². The average molecular weight is 314 g/mol. The van der Waals surface area contributed by atoms with Crippen molar-refractivity contribution in [2.75, 3.05) is 0 Å². The number of amides is 1. The third-order valence-electron chi connectivity index (χ3n) is 4.68. The van der Waals surface area contributed by atoms with Gasteiger partial charge in [0.2, 0.25) is 0 Å². The second-order valence-corrected chi connectivity index (χ2v) is 6.88. The Hall–Kier alpha value is -1.91. The Kier molecular flexibility index (Phi) is 4.64. The van der Waals surface area contributed by atoms with Crippen LogP contribution in [0.25, 0.3) is 11.0 Å². The summed E-state index contributed by atoms with van der Waals surface area (Å²) in [5.41, 5.74) is 2.29. The van der Waals surface area contributed by atoms with Crippen LogP contribution in [-0.2, 0) is 0 Å². The maximum absolute atomic E-state index is 12.7. The fraction of sp³-hybridized carbons (Fsp3) is 0.611. The van der Waals surface area contributed by atoms with Gasteiger partial charge in [-0.15, -0.1) is 0 Å². The number of nitrogens with one attached hydrogen (secondary N) is 1. The van der Waals surface area contributed by atoms with Gasteiger partial charge in [-0.25, -0.2) is 9.67 Å². The topological polar surface area (TPSA) is 59.8 Å². The average Bonchev–Trinajstić information content (AvgIpc) is 2.74. The van der Waals surface area contributed by atoms with Gasteiger partial charge in [0, 0.05) is 17.5 Å². The van der Waals surface area contributed by atoms with E-state index in [0.717, 1.165) is 29.6 Å². The first-order valence-corrected chi connectivity index (χ1v) is 8.72. The van der Waals surface area contributed by atoms with Crippen LogP contribution in [0.2, 0.25) is 0 Å². The van der Waals surface area contributed by atoms with E-state index in [2.05, 4.69) is 29.2 Å². The van der Waals surface area contributed by atoms with Gasteiger partial charge in [-0.05, 0) is 39.7 Å². The van der Waals surface area contributed by atoms with E-state index < -0.39 is 0 Å². The van der Waals surface area contributed by atoms with Gasteiger partial charge in [0.1, 0.15) is 0 Å². The van der Waals surface area contributed by atoms with Crippen LogP contribution in [-0.4, -0.2) is 26.7 Å². The Morgan fingerprint density at radius 2 is 1.96 bits per heavy atom. The number of pyridine rings is 1. The molecule has 0 aliphatic heterocycles. The van der Waals surface area contributed by atoms with Crippen molar-refractivity contribution in [2.45, 2.75) is 71.4 Å². The lowest BCUT2D eigenvalue weighted by molar-refractivity contribution is 0.0932. The standard InChI is InChI=1S/C18H26N4O/c1-12(2)22-17-14(11-19-22)10-16(13(3)20-17)18(23)21-15-8-6-4-5-7-9-15/h10-12,15H,4-9H2,1-3H3,(H,21,23). The summed E-state index contributed by atoms with van der Waals surface area (Å²) in [6, 6.07) is 2.49. The highest BCUT2D eigenvalue weighted by Gasteiger charge is 2.19. The second-order valence-electron chi connectivity index (χ2n) is 6.88. The van der Waals surface area contributed by atoms with Crippen molar-refractivity contribution in [1.82, 2.24) is 20.1 Å². The number of carbonyl (C=O) groups excluding carboxylic acids is 1. The fourth-order valence-electron chi connectivity index (χ4n) is 3.36. The van der Waals surface area contributed by atoms with Gasteiger partial charge in [-0.2, -0.15) is 5.10 Å². The monoisotopic (exact) mass is 314 g/mol. The minimum atomic E-state index is 0.00102. The number of hydrogen-bond donors (Lipinski definition) is 1. The Morgan fingerprint density at radius 1 is 1.26 bits per heavy atom. The van der Waals surface area contributed by atoms with Crippen LogP contribution in [0.5, 0.6) is 0 Å². The Balaban J connectivity index is 1.84. The van der Waals surface area contributed by atoms with Crippen molar-refractivity contribution >= 4 is 16.9 Å². The molecule has 1 fully saturated rings. The highest BCUT2D eigenvalue weighted by atomic mass is 16.1. The minimum absolute atomic E-state index is 0.00102. The van der Waals surface area contributed by atoms with Crippen LogP contribution in [0.4, 0.5) is 0 Å². The summed E-state index contributed by atoms with van der Waals surface area (Å²) in [5.74, 6) is 0.00102. The summed E-state index contributed by atoms with van der Waals surface area (Å²) >= 11 is 0. The quantitative estimate of drug-likeness (QED) is 0.877. The third-order valence-corrected chi connectivity index (χ3v) is 4.68. The van der Waals surface area contributed by atoms with E-state index in [9.17, 15) is 4.79 Å². The lowest BCUT2D eigenvalue weighted by Gasteiger charge is -2.17. The molecule has 3 rings (SSSR count). The van der Waals surface area contributed by atoms with Crippen molar-refractivity contribution in [3.63, 3.8) is 0 Å². The summed E-state index contributed by atoms with van der Waals surface area (Å²) < 4.78 is 1.90. The molecule has 2 aromatic rings. The number of aromatic nitrogens is 3. The van der Waals surface area contributed by atoms with Gasteiger partial charge < -0.3 is 5.32 Å². The Morgan fingerprint density at radius 3 is 2.61 bits per heavy atom. The molecule has 124 valence electrons. The van der Waals surface area contributed by atoms with Crippen molar-refractivity contribution in [1.29, 1.82) is 0 Å². The molecule has 1 saturated carbocycles. The molecule has 0 saturated heterocycles. The summed E-state index contributed by atoms with van der Waals surface area (Å²) in [5, 5.41) is 8.52. The van der Waals surface area contributed by atoms with E-state index in [1.165, 1.54) is 25.7 Å². The molecule has 5 heteroatoms. The number of carbonyl (C=O) groups is 1. The zero-order valence-corrected chi connectivity index (χ0v) is 14.3. The van der Waals surface area contributed by atoms with Crippen LogP contribution in [0.1, 0.15) is 74.5 Å². The minimum Gasteiger partial charge on any atom is -0.349 e. The number of hydrogen-bond acceptors (Lipinski definition) is 3. The van der Waals surface area contributed by atoms with Gasteiger partial charge >= 0.3 is 0 Å². The number of nitrogens with zero attached hydrogens (tertiary/aromatic N) is 3. The molecule has 0 radical (unpaired) electrons. The molecule has 0 bridgehead atoms. The molecule has 2 heterocycles. The number of rotatable bonds is 3. The molecule has 1 aliphatic carbocycles. The molecule has 0 unspecified atom stereocenters. The fourth-order valence-corrected chi connectivity index (χ4v) is 3.36. The molecule has 5 nitrogen and oxygen atoms in total. The maximum Gasteiger partial charge on any atom is 0.253 e. The molecule has 1 N–H and O–H groups in total. The highest BCUT2D eigenvalue weighted by Crippen LogP contribution is 2.21. The Labute approximate surface area is 137 Å². The van der Waals surface area contributed by atoms with Crippen molar-refractivity contribution < 1.29 is 4.79 Å². The first kappa shape index (κ1) is 16.0. The molecule has 1 aliphatic rings. The van der Waals surface area contributed by atoms with E-state index >= 15 is 0 Å². The zero-order valence-electron chi connectivity index (χ0n) is 14.3. The van der Waals surface area contributed by atoms with Gasteiger partial charge in [0.05, 0.1) is 17.5 Å². The lowest BCUT2D eigenvalue weighted by atomic mass is 10.1. The van der Waals surface area contributed by atoms with Crippen molar-refractivity contribution in [3.8, 4) is 0 Å². The normalized spacial score (nSPS) is 16.7. The summed E-state index contributed by atoms with van der Waals surface area (Å²) in [7, 11) is 0. The van der Waals surface area contributed by atoms with E-state index in [0.29, 0.717) is 11.6 Å². The molecule has 0 spiro atoms. The maximum atomic E-state index is 12.7. The predicted molar refractivity (Wildman–Crippen MR) is 91.6 cm³/mol. The van der Waals surface area contributed by atoms with E-state index in [-0.39, 0.29) is 11.9 Å². The van der Waals surface area contributed by atoms with Gasteiger partial charge in [-0.3, -0.25) is 4.79 Å². The third kappa shape index (κ3) is 3.38. The SMILES string of the molecule is Cc1nc2c(cnn2C(C)C)cc1C(=O)NC1CCCCCC1. The predicted octanol–water partition coefficient (Wildman–Crippen LogP) is 3.77. The molecule has 0 aromatic carbocycles. The molecular weight excluding hydrogens is 288 g/mol. The first-order chi connectivity index (χ1) is 11.1. The van der Waals surface area contributed by atoms with Crippen LogP contribution < -0.4 is 5.32 Å². The highest BCUT2D eigenvalue weighted by molar-refractivity contribution is 5.98. The van der Waals surface area contributed by atoms with Crippen LogP contribution in [0, 0.1) is 6.92 Å². The van der Waals surface area contributed by atoms with E-state index in [1.807, 2.05) is 17.7 Å². The number of aryl methyl sites for hydroxylation is 1. The molecule has 2 aromatic heterocycles. The molecule has 0 atom stereocenters. The Bertz CT molecular complexity index is 696. The second kappa shape index (κ2) is 6.69. The molecule has 1 amide bonds. The summed E-state index contributed by atoms with van der Waals surface area (Å²) in [6.07, 6.45) is 8.97. The molecular formula is C18H26N4O. The van der Waals surface area contributed by atoms with E-state index in [1.54, 1.807) is 6.20 Å². The van der Waals surface area contributed by atoms with Gasteiger partial charge in [0.15, 0.2) is 5.65 Å².